The molecule has 0 unspecified atom stereocenters. The van der Waals surface area contributed by atoms with E-state index < -0.39 is 0 Å². The van der Waals surface area contributed by atoms with Crippen LogP contribution in [0.2, 0.25) is 0 Å². The highest BCUT2D eigenvalue weighted by Crippen LogP contribution is 2.40. The first-order chi connectivity index (χ1) is 7.81. The summed E-state index contributed by atoms with van der Waals surface area (Å²) in [5.41, 5.74) is 3.93. The van der Waals surface area contributed by atoms with Crippen molar-refractivity contribution in [1.82, 2.24) is 9.38 Å². The molecule has 0 aromatic carbocycles. The van der Waals surface area contributed by atoms with E-state index >= 15 is 0 Å². The lowest BCUT2D eigenvalue weighted by Gasteiger charge is -2.05. The predicted octanol–water partition coefficient (Wildman–Crippen LogP) is 2.44. The van der Waals surface area contributed by atoms with Crippen LogP contribution < -0.4 is 0 Å². The van der Waals surface area contributed by atoms with E-state index in [2.05, 4.69) is 17.1 Å². The van der Waals surface area contributed by atoms with Gasteiger partial charge in [-0.15, -0.1) is 11.6 Å². The third-order valence-corrected chi connectivity index (χ3v) is 3.34. The molecule has 1 aliphatic carbocycles. The zero-order valence-electron chi connectivity index (χ0n) is 8.86. The Morgan fingerprint density at radius 2 is 2.25 bits per heavy atom. The number of imidazole rings is 1. The molecule has 0 amide bonds. The lowest BCUT2D eigenvalue weighted by atomic mass is 10.1. The summed E-state index contributed by atoms with van der Waals surface area (Å²) in [6, 6.07) is 4.18. The van der Waals surface area contributed by atoms with Crippen LogP contribution in [0.4, 0.5) is 0 Å². The first-order valence-electron chi connectivity index (χ1n) is 5.49. The summed E-state index contributed by atoms with van der Waals surface area (Å²) >= 11 is 5.77. The van der Waals surface area contributed by atoms with Gasteiger partial charge in [-0.1, -0.05) is 0 Å². The molecule has 0 atom stereocenters. The maximum absolute atomic E-state index is 9.36. The fourth-order valence-electron chi connectivity index (χ4n) is 2.07. The second kappa shape index (κ2) is 3.75. The highest BCUT2D eigenvalue weighted by atomic mass is 35.5. The van der Waals surface area contributed by atoms with Gasteiger partial charge in [-0.05, 0) is 36.5 Å². The van der Waals surface area contributed by atoms with Crippen LogP contribution in [0.25, 0.3) is 5.65 Å². The summed E-state index contributed by atoms with van der Waals surface area (Å²) < 4.78 is 1.92. The second-order valence-electron chi connectivity index (χ2n) is 4.31. The number of hydrogen-bond donors (Lipinski definition) is 1. The molecular formula is C12H13ClN2O. The summed E-state index contributed by atoms with van der Waals surface area (Å²) in [7, 11) is 0. The number of rotatable bonds is 3. The highest BCUT2D eigenvalue weighted by Gasteiger charge is 2.24. The molecule has 2 aromatic rings. The van der Waals surface area contributed by atoms with Gasteiger partial charge in [0.25, 0.3) is 0 Å². The lowest BCUT2D eigenvalue weighted by molar-refractivity contribution is 0.275. The van der Waals surface area contributed by atoms with Crippen molar-refractivity contribution in [2.24, 2.45) is 0 Å². The van der Waals surface area contributed by atoms with E-state index in [0.29, 0.717) is 11.8 Å². The molecule has 0 bridgehead atoms. The lowest BCUT2D eigenvalue weighted by Crippen LogP contribution is -1.97. The van der Waals surface area contributed by atoms with Crippen molar-refractivity contribution in [2.75, 3.05) is 0 Å². The molecule has 0 aliphatic heterocycles. The van der Waals surface area contributed by atoms with Crippen molar-refractivity contribution < 1.29 is 5.11 Å². The normalized spacial score (nSPS) is 15.9. The number of aliphatic hydroxyl groups is 1. The monoisotopic (exact) mass is 236 g/mol. The Morgan fingerprint density at radius 1 is 1.44 bits per heavy atom. The van der Waals surface area contributed by atoms with Crippen LogP contribution in [0.1, 0.15) is 35.7 Å². The summed E-state index contributed by atoms with van der Waals surface area (Å²) in [5.74, 6) is 1.08. The largest absolute Gasteiger partial charge is 0.390 e. The van der Waals surface area contributed by atoms with Gasteiger partial charge >= 0.3 is 0 Å². The number of pyridine rings is 1. The minimum atomic E-state index is 0.0369. The van der Waals surface area contributed by atoms with Gasteiger partial charge in [0.1, 0.15) is 5.65 Å². The summed E-state index contributed by atoms with van der Waals surface area (Å²) in [6.45, 7) is 0.0369. The molecule has 1 aliphatic rings. The average molecular weight is 237 g/mol. The molecule has 1 saturated carbocycles. The maximum Gasteiger partial charge on any atom is 0.137 e. The molecule has 3 rings (SSSR count). The molecule has 16 heavy (non-hydrogen) atoms. The molecule has 3 nitrogen and oxygen atoms in total. The third kappa shape index (κ3) is 1.60. The highest BCUT2D eigenvalue weighted by molar-refractivity contribution is 6.16. The van der Waals surface area contributed by atoms with Gasteiger partial charge < -0.3 is 9.51 Å². The van der Waals surface area contributed by atoms with Gasteiger partial charge in [0.15, 0.2) is 0 Å². The smallest absolute Gasteiger partial charge is 0.137 e. The summed E-state index contributed by atoms with van der Waals surface area (Å²) in [5, 5.41) is 9.36. The fraction of sp³-hybridized carbons (Fsp3) is 0.417. The third-order valence-electron chi connectivity index (χ3n) is 3.07. The van der Waals surface area contributed by atoms with Crippen LogP contribution in [0, 0.1) is 0 Å². The van der Waals surface area contributed by atoms with Gasteiger partial charge in [0.05, 0.1) is 18.2 Å². The van der Waals surface area contributed by atoms with E-state index in [1.54, 1.807) is 0 Å². The van der Waals surface area contributed by atoms with E-state index in [1.807, 2.05) is 10.6 Å². The quantitative estimate of drug-likeness (QED) is 0.832. The summed E-state index contributed by atoms with van der Waals surface area (Å²) in [6.07, 6.45) is 4.40. The predicted molar refractivity (Wildman–Crippen MR) is 62.6 cm³/mol. The van der Waals surface area contributed by atoms with E-state index in [4.69, 9.17) is 11.6 Å². The topological polar surface area (TPSA) is 37.5 Å². The molecule has 0 saturated heterocycles. The van der Waals surface area contributed by atoms with Crippen molar-refractivity contribution in [1.29, 1.82) is 0 Å². The Labute approximate surface area is 98.7 Å². The molecule has 1 fully saturated rings. The van der Waals surface area contributed by atoms with Crippen LogP contribution in [0.3, 0.4) is 0 Å². The van der Waals surface area contributed by atoms with Gasteiger partial charge in [-0.3, -0.25) is 0 Å². The number of hydrogen-bond acceptors (Lipinski definition) is 2. The first-order valence-corrected chi connectivity index (χ1v) is 6.03. The molecule has 0 spiro atoms. The van der Waals surface area contributed by atoms with E-state index in [0.717, 1.165) is 17.0 Å². The van der Waals surface area contributed by atoms with Crippen LogP contribution in [0.15, 0.2) is 18.3 Å². The zero-order chi connectivity index (χ0) is 11.1. The molecule has 4 heteroatoms. The molecule has 1 N–H and O–H groups in total. The van der Waals surface area contributed by atoms with Crippen molar-refractivity contribution in [2.45, 2.75) is 31.2 Å². The Kier molecular flexibility index (Phi) is 2.37. The number of aromatic nitrogens is 2. The average Bonchev–Trinajstić information content (AvgIpc) is 3.07. The minimum Gasteiger partial charge on any atom is -0.390 e. The molecular weight excluding hydrogens is 224 g/mol. The van der Waals surface area contributed by atoms with Gasteiger partial charge in [-0.25, -0.2) is 4.98 Å². The SMILES string of the molecule is OCc1cc(C2CC2)cc2nc(CCl)cn12. The van der Waals surface area contributed by atoms with Crippen molar-refractivity contribution in [3.05, 3.63) is 35.3 Å². The zero-order valence-corrected chi connectivity index (χ0v) is 9.61. The van der Waals surface area contributed by atoms with Crippen LogP contribution >= 0.6 is 11.6 Å². The van der Waals surface area contributed by atoms with Crippen molar-refractivity contribution in [3.63, 3.8) is 0 Å². The van der Waals surface area contributed by atoms with E-state index in [9.17, 15) is 5.11 Å². The molecule has 84 valence electrons. The Bertz CT molecular complexity index is 531. The second-order valence-corrected chi connectivity index (χ2v) is 4.57. The molecule has 2 heterocycles. The van der Waals surface area contributed by atoms with Gasteiger partial charge in [0, 0.05) is 11.9 Å². The number of nitrogens with zero attached hydrogens (tertiary/aromatic N) is 2. The number of alkyl halides is 1. The maximum atomic E-state index is 9.36. The Morgan fingerprint density at radius 3 is 2.88 bits per heavy atom. The molecule has 0 radical (unpaired) electrons. The number of aliphatic hydroxyl groups excluding tert-OH is 1. The molecule has 2 aromatic heterocycles. The summed E-state index contributed by atoms with van der Waals surface area (Å²) in [4.78, 5) is 4.43. The fourth-order valence-corrected chi connectivity index (χ4v) is 2.20. The Balaban J connectivity index is 2.19. The first kappa shape index (κ1) is 10.1. The van der Waals surface area contributed by atoms with Crippen molar-refractivity contribution in [3.8, 4) is 0 Å². The van der Waals surface area contributed by atoms with Crippen LogP contribution in [-0.4, -0.2) is 14.5 Å². The van der Waals surface area contributed by atoms with E-state index in [1.165, 1.54) is 18.4 Å². The van der Waals surface area contributed by atoms with Gasteiger partial charge in [-0.2, -0.15) is 0 Å². The van der Waals surface area contributed by atoms with Crippen LogP contribution in [-0.2, 0) is 12.5 Å². The standard InChI is InChI=1S/C12H13ClN2O/c13-5-10-6-15-11(7-16)3-9(8-1-2-8)4-12(15)14-10/h3-4,6,8,16H,1-2,5,7H2. The van der Waals surface area contributed by atoms with E-state index in [-0.39, 0.29) is 6.61 Å². The number of fused-ring (bicyclic) bond motifs is 1. The van der Waals surface area contributed by atoms with Gasteiger partial charge in [0.2, 0.25) is 0 Å². The number of halogens is 1. The minimum absolute atomic E-state index is 0.0369. The van der Waals surface area contributed by atoms with Crippen LogP contribution in [0.5, 0.6) is 0 Å². The Hall–Kier alpha value is -1.06. The van der Waals surface area contributed by atoms with Crippen molar-refractivity contribution >= 4 is 17.2 Å².